The van der Waals surface area contributed by atoms with E-state index < -0.39 is 9.84 Å². The van der Waals surface area contributed by atoms with Crippen LogP contribution in [-0.4, -0.2) is 65.3 Å². The van der Waals surface area contributed by atoms with Crippen LogP contribution >= 0.6 is 0 Å². The second kappa shape index (κ2) is 8.62. The third kappa shape index (κ3) is 4.82. The van der Waals surface area contributed by atoms with Gasteiger partial charge in [0.15, 0.2) is 9.84 Å². The maximum atomic E-state index is 12.4. The van der Waals surface area contributed by atoms with Gasteiger partial charge in [0.05, 0.1) is 29.9 Å². The van der Waals surface area contributed by atoms with Crippen molar-refractivity contribution < 1.29 is 17.9 Å². The highest BCUT2D eigenvalue weighted by Gasteiger charge is 2.22. The van der Waals surface area contributed by atoms with Crippen LogP contribution in [0.1, 0.15) is 0 Å². The predicted octanol–water partition coefficient (Wildman–Crippen LogP) is 1.86. The summed E-state index contributed by atoms with van der Waals surface area (Å²) >= 11 is 0. The third-order valence-electron chi connectivity index (χ3n) is 4.73. The summed E-state index contributed by atoms with van der Waals surface area (Å²) in [5.74, 6) is 0.618. The highest BCUT2D eigenvalue weighted by Crippen LogP contribution is 2.28. The van der Waals surface area contributed by atoms with Gasteiger partial charge in [-0.2, -0.15) is 0 Å². The van der Waals surface area contributed by atoms with Crippen LogP contribution in [0.2, 0.25) is 0 Å². The number of carbonyl (C=O) groups is 1. The van der Waals surface area contributed by atoms with Crippen LogP contribution in [0.5, 0.6) is 5.75 Å². The van der Waals surface area contributed by atoms with Gasteiger partial charge in [-0.15, -0.1) is 0 Å². The first kappa shape index (κ1) is 20.2. The predicted molar refractivity (Wildman–Crippen MR) is 110 cm³/mol. The molecule has 3 rings (SSSR count). The van der Waals surface area contributed by atoms with Crippen molar-refractivity contribution in [3.05, 3.63) is 48.5 Å². The first-order valence-corrected chi connectivity index (χ1v) is 11.0. The number of methoxy groups -OCH3 is 1. The molecule has 1 saturated heterocycles. The van der Waals surface area contributed by atoms with Crippen LogP contribution < -0.4 is 15.0 Å². The Hall–Kier alpha value is -2.58. The average Bonchev–Trinajstić information content (AvgIpc) is 2.68. The Balaban J connectivity index is 1.58. The van der Waals surface area contributed by atoms with Crippen LogP contribution in [0, 0.1) is 0 Å². The molecule has 0 unspecified atom stereocenters. The molecule has 1 heterocycles. The van der Waals surface area contributed by atoms with Crippen LogP contribution in [0.15, 0.2) is 53.4 Å². The average molecular weight is 404 g/mol. The number of ether oxygens (including phenoxy) is 1. The maximum absolute atomic E-state index is 12.4. The van der Waals surface area contributed by atoms with E-state index in [1.54, 1.807) is 25.3 Å². The minimum atomic E-state index is -3.40. The second-order valence-corrected chi connectivity index (χ2v) is 8.74. The van der Waals surface area contributed by atoms with E-state index in [-0.39, 0.29) is 17.3 Å². The fraction of sp³-hybridized carbons (Fsp3) is 0.350. The molecular formula is C20H25N3O4S. The van der Waals surface area contributed by atoms with Crippen LogP contribution in [0.25, 0.3) is 0 Å². The summed E-state index contributed by atoms with van der Waals surface area (Å²) in [7, 11) is -1.74. The van der Waals surface area contributed by atoms with Gasteiger partial charge in [-0.05, 0) is 24.3 Å². The number of para-hydroxylation sites is 3. The number of benzene rings is 2. The topological polar surface area (TPSA) is 79.0 Å². The lowest BCUT2D eigenvalue weighted by Crippen LogP contribution is -2.48. The molecule has 150 valence electrons. The third-order valence-corrected chi connectivity index (χ3v) is 5.88. The summed E-state index contributed by atoms with van der Waals surface area (Å²) in [4.78, 5) is 16.9. The summed E-state index contributed by atoms with van der Waals surface area (Å²) in [5.41, 5.74) is 1.37. The quantitative estimate of drug-likeness (QED) is 0.793. The van der Waals surface area contributed by atoms with Crippen molar-refractivity contribution in [1.29, 1.82) is 0 Å². The molecule has 1 N–H and O–H groups in total. The van der Waals surface area contributed by atoms with E-state index >= 15 is 0 Å². The molecule has 0 bridgehead atoms. The van der Waals surface area contributed by atoms with Gasteiger partial charge in [0, 0.05) is 32.4 Å². The zero-order valence-electron chi connectivity index (χ0n) is 16.1. The molecule has 1 aliphatic rings. The van der Waals surface area contributed by atoms with E-state index in [9.17, 15) is 13.2 Å². The monoisotopic (exact) mass is 403 g/mol. The van der Waals surface area contributed by atoms with E-state index in [2.05, 4.69) is 15.1 Å². The van der Waals surface area contributed by atoms with Crippen molar-refractivity contribution in [3.8, 4) is 5.75 Å². The molecule has 1 fully saturated rings. The fourth-order valence-corrected chi connectivity index (χ4v) is 4.17. The molecule has 0 saturated carbocycles. The lowest BCUT2D eigenvalue weighted by Gasteiger charge is -2.36. The van der Waals surface area contributed by atoms with E-state index in [1.165, 1.54) is 6.07 Å². The zero-order chi connectivity index (χ0) is 20.1. The molecule has 28 heavy (non-hydrogen) atoms. The van der Waals surface area contributed by atoms with E-state index in [4.69, 9.17) is 4.74 Å². The van der Waals surface area contributed by atoms with Gasteiger partial charge in [-0.3, -0.25) is 9.69 Å². The van der Waals surface area contributed by atoms with Crippen LogP contribution in [0.4, 0.5) is 11.4 Å². The summed E-state index contributed by atoms with van der Waals surface area (Å²) in [6, 6.07) is 14.3. The number of nitrogens with one attached hydrogen (secondary N) is 1. The molecule has 1 aliphatic heterocycles. The zero-order valence-corrected chi connectivity index (χ0v) is 16.9. The number of piperazine rings is 1. The standard InChI is InChI=1S/C20H25N3O4S/c1-27-18-9-5-4-8-17(18)23-13-11-22(12-14-23)15-20(24)21-16-7-3-6-10-19(16)28(2,25)26/h3-10H,11-15H2,1-2H3,(H,21,24). The molecule has 1 amide bonds. The van der Waals surface area contributed by atoms with Crippen molar-refractivity contribution in [3.63, 3.8) is 0 Å². The van der Waals surface area contributed by atoms with Crippen molar-refractivity contribution >= 4 is 27.1 Å². The largest absolute Gasteiger partial charge is 0.495 e. The first-order valence-electron chi connectivity index (χ1n) is 9.08. The molecule has 2 aromatic carbocycles. The Morgan fingerprint density at radius 1 is 1.04 bits per heavy atom. The Morgan fingerprint density at radius 2 is 1.68 bits per heavy atom. The number of hydrogen-bond donors (Lipinski definition) is 1. The summed E-state index contributed by atoms with van der Waals surface area (Å²) < 4.78 is 29.2. The molecule has 7 nitrogen and oxygen atoms in total. The van der Waals surface area contributed by atoms with Crippen molar-refractivity contribution in [2.24, 2.45) is 0 Å². The van der Waals surface area contributed by atoms with Gasteiger partial charge in [0.1, 0.15) is 5.75 Å². The maximum Gasteiger partial charge on any atom is 0.238 e. The number of nitrogens with zero attached hydrogens (tertiary/aromatic N) is 2. The molecule has 0 radical (unpaired) electrons. The Bertz CT molecular complexity index is 938. The van der Waals surface area contributed by atoms with Gasteiger partial charge < -0.3 is 15.0 Å². The molecule has 0 atom stereocenters. The van der Waals surface area contributed by atoms with Crippen LogP contribution in [0.3, 0.4) is 0 Å². The summed E-state index contributed by atoms with van der Waals surface area (Å²) in [5, 5.41) is 2.73. The van der Waals surface area contributed by atoms with Crippen molar-refractivity contribution in [2.45, 2.75) is 4.90 Å². The number of hydrogen-bond acceptors (Lipinski definition) is 6. The molecule has 0 aromatic heterocycles. The number of rotatable bonds is 6. The lowest BCUT2D eigenvalue weighted by molar-refractivity contribution is -0.117. The molecule has 0 aliphatic carbocycles. The fourth-order valence-electron chi connectivity index (χ4n) is 3.32. The number of sulfone groups is 1. The summed E-state index contributed by atoms with van der Waals surface area (Å²) in [6.07, 6.45) is 1.13. The van der Waals surface area contributed by atoms with Gasteiger partial charge in [-0.25, -0.2) is 8.42 Å². The Morgan fingerprint density at radius 3 is 2.36 bits per heavy atom. The second-order valence-electron chi connectivity index (χ2n) is 6.75. The minimum absolute atomic E-state index is 0.129. The first-order chi connectivity index (χ1) is 13.4. The highest BCUT2D eigenvalue weighted by atomic mass is 32.2. The van der Waals surface area contributed by atoms with Crippen molar-refractivity contribution in [1.82, 2.24) is 4.90 Å². The van der Waals surface area contributed by atoms with Gasteiger partial charge >= 0.3 is 0 Å². The van der Waals surface area contributed by atoms with Crippen LogP contribution in [-0.2, 0) is 14.6 Å². The van der Waals surface area contributed by atoms with E-state index in [0.29, 0.717) is 5.69 Å². The Kier molecular flexibility index (Phi) is 6.21. The number of anilines is 2. The summed E-state index contributed by atoms with van der Waals surface area (Å²) in [6.45, 7) is 3.26. The number of carbonyl (C=O) groups excluding carboxylic acids is 1. The molecule has 0 spiro atoms. The molecule has 8 heteroatoms. The van der Waals surface area contributed by atoms with E-state index in [1.807, 2.05) is 24.3 Å². The van der Waals surface area contributed by atoms with Crippen molar-refractivity contribution in [2.75, 3.05) is 56.3 Å². The van der Waals surface area contributed by atoms with E-state index in [0.717, 1.165) is 43.9 Å². The number of amides is 1. The Labute approximate surface area is 165 Å². The molecular weight excluding hydrogens is 378 g/mol. The van der Waals surface area contributed by atoms with Gasteiger partial charge in [0.25, 0.3) is 0 Å². The highest BCUT2D eigenvalue weighted by molar-refractivity contribution is 7.90. The normalized spacial score (nSPS) is 15.3. The lowest BCUT2D eigenvalue weighted by atomic mass is 10.2. The van der Waals surface area contributed by atoms with Gasteiger partial charge in [0.2, 0.25) is 5.91 Å². The van der Waals surface area contributed by atoms with Gasteiger partial charge in [-0.1, -0.05) is 24.3 Å². The molecule has 2 aromatic rings. The minimum Gasteiger partial charge on any atom is -0.495 e. The SMILES string of the molecule is COc1ccccc1N1CCN(CC(=O)Nc2ccccc2S(C)(=O)=O)CC1. The smallest absolute Gasteiger partial charge is 0.238 e.